The molecule has 34 heavy (non-hydrogen) atoms. The molecule has 0 saturated heterocycles. The number of amides is 2. The van der Waals surface area contributed by atoms with Crippen LogP contribution in [0, 0.1) is 6.92 Å². The van der Waals surface area contributed by atoms with Crippen molar-refractivity contribution in [2.45, 2.75) is 13.5 Å². The Morgan fingerprint density at radius 2 is 1.79 bits per heavy atom. The maximum atomic E-state index is 12.9. The Morgan fingerprint density at radius 3 is 2.53 bits per heavy atom. The summed E-state index contributed by atoms with van der Waals surface area (Å²) in [6.45, 7) is 2.08. The third-order valence-electron chi connectivity index (χ3n) is 4.92. The average molecular weight is 495 g/mol. The third-order valence-corrected chi connectivity index (χ3v) is 5.48. The number of rotatable bonds is 7. The Labute approximate surface area is 206 Å². The van der Waals surface area contributed by atoms with E-state index in [1.54, 1.807) is 54.6 Å². The number of aryl methyl sites for hydroxylation is 1. The van der Waals surface area contributed by atoms with Gasteiger partial charge in [0.15, 0.2) is 0 Å². The lowest BCUT2D eigenvalue weighted by Gasteiger charge is -2.10. The van der Waals surface area contributed by atoms with Crippen LogP contribution < -0.4 is 10.6 Å². The molecule has 2 heterocycles. The fourth-order valence-electron chi connectivity index (χ4n) is 3.14. The summed E-state index contributed by atoms with van der Waals surface area (Å²) in [5.74, 6) is 0.463. The van der Waals surface area contributed by atoms with Crippen LogP contribution in [0.15, 0.2) is 87.5 Å². The molecule has 0 aliphatic rings. The molecule has 4 rings (SSSR count). The van der Waals surface area contributed by atoms with E-state index in [1.165, 1.54) is 12.3 Å². The van der Waals surface area contributed by atoms with Crippen molar-refractivity contribution < 1.29 is 18.4 Å². The van der Waals surface area contributed by atoms with Crippen LogP contribution in [-0.4, -0.2) is 11.8 Å². The van der Waals surface area contributed by atoms with Crippen LogP contribution in [-0.2, 0) is 11.3 Å². The number of carbonyl (C=O) groups is 2. The van der Waals surface area contributed by atoms with Crippen molar-refractivity contribution in [2.24, 2.45) is 0 Å². The minimum absolute atomic E-state index is 0.00946. The van der Waals surface area contributed by atoms with Crippen molar-refractivity contribution in [3.8, 4) is 11.3 Å². The molecule has 2 aromatic carbocycles. The molecule has 2 aromatic heterocycles. The SMILES string of the molecule is Cc1ccc(C(=O)NC(=Cc2ccc(-c3cc(Cl)ccc3Cl)o2)C(=O)NCc2ccco2)cc1. The number of hydrogen-bond donors (Lipinski definition) is 2. The van der Waals surface area contributed by atoms with E-state index in [1.807, 2.05) is 19.1 Å². The van der Waals surface area contributed by atoms with Gasteiger partial charge >= 0.3 is 0 Å². The maximum absolute atomic E-state index is 12.9. The van der Waals surface area contributed by atoms with Gasteiger partial charge in [-0.05, 0) is 61.5 Å². The molecule has 0 aliphatic carbocycles. The van der Waals surface area contributed by atoms with Gasteiger partial charge in [-0.25, -0.2) is 0 Å². The van der Waals surface area contributed by atoms with Crippen molar-refractivity contribution in [3.63, 3.8) is 0 Å². The normalized spacial score (nSPS) is 11.3. The quantitative estimate of drug-likeness (QED) is 0.297. The van der Waals surface area contributed by atoms with Crippen molar-refractivity contribution >= 4 is 41.1 Å². The predicted octanol–water partition coefficient (Wildman–Crippen LogP) is 6.24. The summed E-state index contributed by atoms with van der Waals surface area (Å²) in [6, 6.07) is 18.9. The molecule has 172 valence electrons. The largest absolute Gasteiger partial charge is 0.467 e. The minimum Gasteiger partial charge on any atom is -0.467 e. The second kappa shape index (κ2) is 10.5. The number of halogens is 2. The lowest BCUT2D eigenvalue weighted by molar-refractivity contribution is -0.118. The summed E-state index contributed by atoms with van der Waals surface area (Å²) in [4.78, 5) is 25.7. The molecule has 0 radical (unpaired) electrons. The Bertz CT molecular complexity index is 1340. The van der Waals surface area contributed by atoms with E-state index in [2.05, 4.69) is 10.6 Å². The lowest BCUT2D eigenvalue weighted by atomic mass is 10.1. The van der Waals surface area contributed by atoms with Gasteiger partial charge in [-0.15, -0.1) is 0 Å². The summed E-state index contributed by atoms with van der Waals surface area (Å²) >= 11 is 12.4. The van der Waals surface area contributed by atoms with Crippen molar-refractivity contribution in [1.29, 1.82) is 0 Å². The number of nitrogens with one attached hydrogen (secondary N) is 2. The molecule has 0 bridgehead atoms. The molecular weight excluding hydrogens is 475 g/mol. The highest BCUT2D eigenvalue weighted by molar-refractivity contribution is 6.35. The Hall–Kier alpha value is -3.74. The predicted molar refractivity (Wildman–Crippen MR) is 131 cm³/mol. The van der Waals surface area contributed by atoms with Crippen LogP contribution in [0.25, 0.3) is 17.4 Å². The molecule has 4 aromatic rings. The van der Waals surface area contributed by atoms with Gasteiger partial charge in [0.05, 0.1) is 17.8 Å². The van der Waals surface area contributed by atoms with Crippen molar-refractivity contribution in [2.75, 3.05) is 0 Å². The van der Waals surface area contributed by atoms with Gasteiger partial charge in [0, 0.05) is 22.2 Å². The molecule has 0 fully saturated rings. The molecular formula is C26H20Cl2N2O4. The number of carbonyl (C=O) groups excluding carboxylic acids is 2. The smallest absolute Gasteiger partial charge is 0.268 e. The summed E-state index contributed by atoms with van der Waals surface area (Å²) in [6.07, 6.45) is 2.97. The highest BCUT2D eigenvalue weighted by Gasteiger charge is 2.17. The third kappa shape index (κ3) is 5.78. The van der Waals surface area contributed by atoms with Crippen LogP contribution in [0.5, 0.6) is 0 Å². The van der Waals surface area contributed by atoms with Gasteiger partial charge < -0.3 is 19.5 Å². The first-order valence-electron chi connectivity index (χ1n) is 10.3. The van der Waals surface area contributed by atoms with Gasteiger partial charge in [0.2, 0.25) is 0 Å². The van der Waals surface area contributed by atoms with Gasteiger partial charge in [-0.2, -0.15) is 0 Å². The Kier molecular flexibility index (Phi) is 7.21. The van der Waals surface area contributed by atoms with E-state index in [0.717, 1.165) is 5.56 Å². The molecule has 0 unspecified atom stereocenters. The lowest BCUT2D eigenvalue weighted by Crippen LogP contribution is -2.34. The van der Waals surface area contributed by atoms with E-state index < -0.39 is 11.8 Å². The van der Waals surface area contributed by atoms with E-state index in [0.29, 0.717) is 38.5 Å². The molecule has 0 aliphatic heterocycles. The molecule has 6 nitrogen and oxygen atoms in total. The number of hydrogen-bond acceptors (Lipinski definition) is 4. The zero-order chi connectivity index (χ0) is 24.1. The van der Waals surface area contributed by atoms with Crippen LogP contribution in [0.4, 0.5) is 0 Å². The molecule has 8 heteroatoms. The van der Waals surface area contributed by atoms with Crippen molar-refractivity contribution in [1.82, 2.24) is 10.6 Å². The van der Waals surface area contributed by atoms with E-state index in [4.69, 9.17) is 32.0 Å². The summed E-state index contributed by atoms with van der Waals surface area (Å²) in [5.41, 5.74) is 2.06. The zero-order valence-corrected chi connectivity index (χ0v) is 19.6. The first-order valence-corrected chi connectivity index (χ1v) is 11.1. The van der Waals surface area contributed by atoms with Crippen LogP contribution >= 0.6 is 23.2 Å². The van der Waals surface area contributed by atoms with E-state index in [-0.39, 0.29) is 12.2 Å². The first-order chi connectivity index (χ1) is 16.4. The Balaban J connectivity index is 1.60. The van der Waals surface area contributed by atoms with Crippen molar-refractivity contribution in [3.05, 3.63) is 111 Å². The van der Waals surface area contributed by atoms with Gasteiger partial charge in [0.1, 0.15) is 23.0 Å². The summed E-state index contributed by atoms with van der Waals surface area (Å²) in [7, 11) is 0. The van der Waals surface area contributed by atoms with Crippen LogP contribution in [0.2, 0.25) is 10.0 Å². The second-order valence-electron chi connectivity index (χ2n) is 7.47. The van der Waals surface area contributed by atoms with Crippen LogP contribution in [0.3, 0.4) is 0 Å². The fraction of sp³-hybridized carbons (Fsp3) is 0.0769. The highest BCUT2D eigenvalue weighted by Crippen LogP contribution is 2.32. The van der Waals surface area contributed by atoms with Gasteiger partial charge in [-0.1, -0.05) is 40.9 Å². The Morgan fingerprint density at radius 1 is 1.00 bits per heavy atom. The zero-order valence-electron chi connectivity index (χ0n) is 18.1. The van der Waals surface area contributed by atoms with Gasteiger partial charge in [-0.3, -0.25) is 9.59 Å². The molecule has 2 N–H and O–H groups in total. The minimum atomic E-state index is -0.504. The summed E-state index contributed by atoms with van der Waals surface area (Å²) < 4.78 is 11.1. The van der Waals surface area contributed by atoms with E-state index >= 15 is 0 Å². The van der Waals surface area contributed by atoms with Gasteiger partial charge in [0.25, 0.3) is 11.8 Å². The van der Waals surface area contributed by atoms with E-state index in [9.17, 15) is 9.59 Å². The monoisotopic (exact) mass is 494 g/mol. The first kappa shape index (κ1) is 23.4. The fourth-order valence-corrected chi connectivity index (χ4v) is 3.52. The molecule has 0 atom stereocenters. The number of benzene rings is 2. The molecule has 0 saturated carbocycles. The molecule has 2 amide bonds. The topological polar surface area (TPSA) is 84.5 Å². The standard InChI is InChI=1S/C26H20Cl2N2O4/c1-16-4-6-17(7-5-16)25(31)30-23(26(32)29-15-20-3-2-12-33-20)14-19-9-11-24(34-19)21-13-18(27)8-10-22(21)28/h2-14H,15H2,1H3,(H,29,32)(H,30,31). The summed E-state index contributed by atoms with van der Waals surface area (Å²) in [5, 5.41) is 6.38. The number of furan rings is 2. The van der Waals surface area contributed by atoms with Crippen LogP contribution in [0.1, 0.15) is 27.4 Å². The highest BCUT2D eigenvalue weighted by atomic mass is 35.5. The maximum Gasteiger partial charge on any atom is 0.268 e. The molecule has 0 spiro atoms. The average Bonchev–Trinajstić information content (AvgIpc) is 3.51. The second-order valence-corrected chi connectivity index (χ2v) is 8.31.